The van der Waals surface area contributed by atoms with Crippen molar-refractivity contribution in [3.63, 3.8) is 0 Å². The van der Waals surface area contributed by atoms with Gasteiger partial charge in [0.05, 0.1) is 5.52 Å². The Bertz CT molecular complexity index is 941. The van der Waals surface area contributed by atoms with Crippen LogP contribution in [0.5, 0.6) is 0 Å². The predicted octanol–water partition coefficient (Wildman–Crippen LogP) is 2.26. The van der Waals surface area contributed by atoms with Gasteiger partial charge in [0.25, 0.3) is 0 Å². The van der Waals surface area contributed by atoms with Crippen molar-refractivity contribution in [1.29, 1.82) is 0 Å². The molecule has 3 heterocycles. The van der Waals surface area contributed by atoms with Crippen LogP contribution in [0, 0.1) is 0 Å². The van der Waals surface area contributed by atoms with Gasteiger partial charge in [0, 0.05) is 31.5 Å². The molecule has 0 bridgehead atoms. The second kappa shape index (κ2) is 7.19. The molecule has 2 aromatic heterocycles. The molecule has 1 atom stereocenters. The molecule has 0 aliphatic carbocycles. The van der Waals surface area contributed by atoms with E-state index in [9.17, 15) is 9.59 Å². The third-order valence-electron chi connectivity index (χ3n) is 5.07. The van der Waals surface area contributed by atoms with E-state index in [1.54, 1.807) is 18.3 Å². The lowest BCUT2D eigenvalue weighted by molar-refractivity contribution is -0.135. The van der Waals surface area contributed by atoms with Crippen molar-refractivity contribution < 1.29 is 9.21 Å². The van der Waals surface area contributed by atoms with E-state index in [1.807, 2.05) is 34.0 Å². The van der Waals surface area contributed by atoms with E-state index in [4.69, 9.17) is 4.42 Å². The van der Waals surface area contributed by atoms with Gasteiger partial charge in [-0.1, -0.05) is 12.1 Å². The van der Waals surface area contributed by atoms with Crippen molar-refractivity contribution in [2.24, 2.45) is 0 Å². The largest absolute Gasteiger partial charge is 0.420 e. The van der Waals surface area contributed by atoms with Crippen molar-refractivity contribution in [2.45, 2.75) is 44.8 Å². The molecule has 0 saturated carbocycles. The number of likely N-dealkylation sites (tertiary alicyclic amines) is 1. The molecule has 1 aliphatic rings. The number of nitrogens with zero attached hydrogens (tertiary/aromatic N) is 4. The minimum atomic E-state index is -0.482. The van der Waals surface area contributed by atoms with Gasteiger partial charge in [-0.3, -0.25) is 14.0 Å². The minimum absolute atomic E-state index is 0.0219. The van der Waals surface area contributed by atoms with Gasteiger partial charge in [0.2, 0.25) is 5.91 Å². The fraction of sp³-hybridized carbons (Fsp3) is 0.421. The van der Waals surface area contributed by atoms with Crippen LogP contribution in [0.3, 0.4) is 0 Å². The Hall–Kier alpha value is -2.83. The molecule has 3 aromatic rings. The molecule has 0 unspecified atom stereocenters. The molecule has 1 saturated heterocycles. The molecule has 1 aromatic carbocycles. The van der Waals surface area contributed by atoms with Crippen LogP contribution >= 0.6 is 0 Å². The zero-order valence-corrected chi connectivity index (χ0v) is 14.6. The number of hydrogen-bond donors (Lipinski definition) is 0. The van der Waals surface area contributed by atoms with Crippen molar-refractivity contribution in [3.05, 3.63) is 53.3 Å². The molecule has 0 spiro atoms. The number of oxazole rings is 1. The summed E-state index contributed by atoms with van der Waals surface area (Å²) in [7, 11) is 0. The lowest BCUT2D eigenvalue weighted by Crippen LogP contribution is -2.46. The third kappa shape index (κ3) is 3.29. The lowest BCUT2D eigenvalue weighted by Gasteiger charge is -2.36. The Kier molecular flexibility index (Phi) is 4.60. The molecule has 7 nitrogen and oxygen atoms in total. The number of benzene rings is 1. The SMILES string of the molecule is O=C(Cn1c(=O)oc2ccccc21)N1CCCC[C@@H]1CCn1cccn1. The van der Waals surface area contributed by atoms with Crippen LogP contribution in [-0.2, 0) is 17.9 Å². The summed E-state index contributed by atoms with van der Waals surface area (Å²) in [6, 6.07) is 9.29. The highest BCUT2D eigenvalue weighted by Crippen LogP contribution is 2.21. The minimum Gasteiger partial charge on any atom is -0.408 e. The maximum absolute atomic E-state index is 12.9. The second-order valence-corrected chi connectivity index (χ2v) is 6.72. The number of carbonyl (C=O) groups excluding carboxylic acids is 1. The van der Waals surface area contributed by atoms with Crippen LogP contribution in [0.2, 0.25) is 0 Å². The van der Waals surface area contributed by atoms with Gasteiger partial charge in [-0.05, 0) is 43.9 Å². The van der Waals surface area contributed by atoms with E-state index in [0.29, 0.717) is 11.1 Å². The summed E-state index contributed by atoms with van der Waals surface area (Å²) < 4.78 is 8.56. The highest BCUT2D eigenvalue weighted by Gasteiger charge is 2.27. The number of carbonyl (C=O) groups is 1. The van der Waals surface area contributed by atoms with E-state index < -0.39 is 5.76 Å². The fourth-order valence-electron chi connectivity index (χ4n) is 3.73. The first-order valence-electron chi connectivity index (χ1n) is 9.07. The predicted molar refractivity (Wildman–Crippen MR) is 96.7 cm³/mol. The Morgan fingerprint density at radius 1 is 1.23 bits per heavy atom. The number of fused-ring (bicyclic) bond motifs is 1. The molecule has 0 radical (unpaired) electrons. The van der Waals surface area contributed by atoms with Crippen LogP contribution in [0.4, 0.5) is 0 Å². The zero-order valence-electron chi connectivity index (χ0n) is 14.6. The molecule has 136 valence electrons. The number of para-hydroxylation sites is 2. The zero-order chi connectivity index (χ0) is 17.9. The molecular formula is C19H22N4O3. The Labute approximate surface area is 150 Å². The van der Waals surface area contributed by atoms with Crippen LogP contribution in [-0.4, -0.2) is 37.7 Å². The summed E-state index contributed by atoms with van der Waals surface area (Å²) in [4.78, 5) is 27.0. The number of aromatic nitrogens is 3. The molecule has 26 heavy (non-hydrogen) atoms. The molecule has 1 aliphatic heterocycles. The van der Waals surface area contributed by atoms with E-state index in [0.717, 1.165) is 38.8 Å². The summed E-state index contributed by atoms with van der Waals surface area (Å²) in [5, 5.41) is 4.23. The van der Waals surface area contributed by atoms with E-state index >= 15 is 0 Å². The van der Waals surface area contributed by atoms with E-state index in [-0.39, 0.29) is 18.5 Å². The highest BCUT2D eigenvalue weighted by atomic mass is 16.4. The number of rotatable bonds is 5. The Morgan fingerprint density at radius 3 is 2.96 bits per heavy atom. The summed E-state index contributed by atoms with van der Waals surface area (Å²) >= 11 is 0. The van der Waals surface area contributed by atoms with Gasteiger partial charge in [0.15, 0.2) is 5.58 Å². The third-order valence-corrected chi connectivity index (χ3v) is 5.07. The summed E-state index contributed by atoms with van der Waals surface area (Å²) in [6.07, 6.45) is 7.70. The highest BCUT2D eigenvalue weighted by molar-refractivity contribution is 5.79. The van der Waals surface area contributed by atoms with E-state index in [1.165, 1.54) is 4.57 Å². The van der Waals surface area contributed by atoms with Gasteiger partial charge in [-0.25, -0.2) is 4.79 Å². The lowest BCUT2D eigenvalue weighted by atomic mass is 9.99. The summed E-state index contributed by atoms with van der Waals surface area (Å²) in [5.41, 5.74) is 1.18. The van der Waals surface area contributed by atoms with E-state index in [2.05, 4.69) is 5.10 Å². The fourth-order valence-corrected chi connectivity index (χ4v) is 3.73. The quantitative estimate of drug-likeness (QED) is 0.704. The number of amides is 1. The standard InChI is InChI=1S/C19H22N4O3/c24-18(14-23-16-7-1-2-8-17(16)26-19(23)25)22-12-4-3-6-15(22)9-13-21-11-5-10-20-21/h1-2,5,7-8,10-11,15H,3-4,6,9,12-14H2/t15-/m1/s1. The van der Waals surface area contributed by atoms with Crippen molar-refractivity contribution in [3.8, 4) is 0 Å². The van der Waals surface area contributed by atoms with Gasteiger partial charge < -0.3 is 9.32 Å². The molecular weight excluding hydrogens is 332 g/mol. The first kappa shape index (κ1) is 16.6. The molecule has 1 fully saturated rings. The number of piperidine rings is 1. The molecule has 4 rings (SSSR count). The maximum Gasteiger partial charge on any atom is 0.420 e. The molecule has 0 N–H and O–H groups in total. The van der Waals surface area contributed by atoms with Crippen LogP contribution in [0.25, 0.3) is 11.1 Å². The van der Waals surface area contributed by atoms with Crippen LogP contribution < -0.4 is 5.76 Å². The summed E-state index contributed by atoms with van der Waals surface area (Å²) in [6.45, 7) is 1.55. The first-order chi connectivity index (χ1) is 12.7. The first-order valence-corrected chi connectivity index (χ1v) is 9.07. The average Bonchev–Trinajstić information content (AvgIpc) is 3.28. The monoisotopic (exact) mass is 354 g/mol. The van der Waals surface area contributed by atoms with Crippen LogP contribution in [0.1, 0.15) is 25.7 Å². The number of hydrogen-bond acceptors (Lipinski definition) is 4. The van der Waals surface area contributed by atoms with Crippen molar-refractivity contribution in [2.75, 3.05) is 6.54 Å². The van der Waals surface area contributed by atoms with Crippen LogP contribution in [0.15, 0.2) is 51.9 Å². The molecule has 1 amide bonds. The Morgan fingerprint density at radius 2 is 2.12 bits per heavy atom. The average molecular weight is 354 g/mol. The van der Waals surface area contributed by atoms with Crippen molar-refractivity contribution in [1.82, 2.24) is 19.2 Å². The Balaban J connectivity index is 1.49. The van der Waals surface area contributed by atoms with Gasteiger partial charge in [0.1, 0.15) is 6.54 Å². The number of aryl methyl sites for hydroxylation is 1. The smallest absolute Gasteiger partial charge is 0.408 e. The normalized spacial score (nSPS) is 17.7. The topological polar surface area (TPSA) is 73.3 Å². The van der Waals surface area contributed by atoms with Crippen molar-refractivity contribution >= 4 is 17.0 Å². The summed E-state index contributed by atoms with van der Waals surface area (Å²) in [5.74, 6) is -0.506. The van der Waals surface area contributed by atoms with Gasteiger partial charge >= 0.3 is 5.76 Å². The molecule has 7 heteroatoms. The van der Waals surface area contributed by atoms with Gasteiger partial charge in [-0.15, -0.1) is 0 Å². The van der Waals surface area contributed by atoms with Gasteiger partial charge in [-0.2, -0.15) is 5.10 Å². The maximum atomic E-state index is 12.9. The second-order valence-electron chi connectivity index (χ2n) is 6.72.